The molecule has 0 spiro atoms. The van der Waals surface area contributed by atoms with Crippen LogP contribution in [0.1, 0.15) is 29.5 Å². The summed E-state index contributed by atoms with van der Waals surface area (Å²) in [6.45, 7) is 6.71. The summed E-state index contributed by atoms with van der Waals surface area (Å²) in [6, 6.07) is 11.3. The lowest BCUT2D eigenvalue weighted by Crippen LogP contribution is -2.24. The molecule has 0 unspecified atom stereocenters. The fraction of sp³-hybridized carbons (Fsp3) is 0.300. The quantitative estimate of drug-likeness (QED) is 0.873. The molecule has 0 radical (unpaired) electrons. The standard InChI is InChI=1S/C20H23N3O2/c1-13-9-14(2)11-17(10-13)22-20(25)21-16-6-7-18(15(3)12-16)23-8-4-5-19(23)24/h6-7,9-12H,4-5,8H2,1-3H3,(H2,21,22,25). The summed E-state index contributed by atoms with van der Waals surface area (Å²) in [7, 11) is 0. The molecule has 0 aromatic heterocycles. The number of amides is 3. The monoisotopic (exact) mass is 337 g/mol. The van der Waals surface area contributed by atoms with Crippen LogP contribution >= 0.6 is 0 Å². The maximum absolute atomic E-state index is 12.2. The van der Waals surface area contributed by atoms with Gasteiger partial charge in [0.25, 0.3) is 0 Å². The average molecular weight is 337 g/mol. The van der Waals surface area contributed by atoms with Gasteiger partial charge in [0.15, 0.2) is 0 Å². The molecule has 130 valence electrons. The van der Waals surface area contributed by atoms with Crippen LogP contribution < -0.4 is 15.5 Å². The topological polar surface area (TPSA) is 61.4 Å². The Kier molecular flexibility index (Phi) is 4.74. The second kappa shape index (κ2) is 6.97. The summed E-state index contributed by atoms with van der Waals surface area (Å²) < 4.78 is 0. The molecule has 2 N–H and O–H groups in total. The lowest BCUT2D eigenvalue weighted by Gasteiger charge is -2.19. The summed E-state index contributed by atoms with van der Waals surface area (Å²) in [4.78, 5) is 25.9. The molecule has 3 rings (SSSR count). The molecule has 0 aliphatic carbocycles. The van der Waals surface area contributed by atoms with Crippen LogP contribution in [0, 0.1) is 20.8 Å². The van der Waals surface area contributed by atoms with E-state index in [0.717, 1.165) is 41.0 Å². The number of nitrogens with one attached hydrogen (secondary N) is 2. The molecule has 1 heterocycles. The van der Waals surface area contributed by atoms with Gasteiger partial charge in [0.1, 0.15) is 0 Å². The molecule has 2 aromatic carbocycles. The third-order valence-electron chi connectivity index (χ3n) is 4.30. The first-order chi connectivity index (χ1) is 11.9. The van der Waals surface area contributed by atoms with E-state index in [1.54, 1.807) is 0 Å². The largest absolute Gasteiger partial charge is 0.323 e. The Labute approximate surface area is 148 Å². The minimum Gasteiger partial charge on any atom is -0.312 e. The highest BCUT2D eigenvalue weighted by molar-refractivity contribution is 6.00. The van der Waals surface area contributed by atoms with Gasteiger partial charge >= 0.3 is 6.03 Å². The van der Waals surface area contributed by atoms with Crippen LogP contribution in [0.2, 0.25) is 0 Å². The van der Waals surface area contributed by atoms with E-state index in [1.165, 1.54) is 0 Å². The first-order valence-electron chi connectivity index (χ1n) is 8.50. The Morgan fingerprint density at radius 1 is 0.960 bits per heavy atom. The Bertz CT molecular complexity index is 809. The van der Waals surface area contributed by atoms with E-state index in [2.05, 4.69) is 16.7 Å². The van der Waals surface area contributed by atoms with Crippen LogP contribution in [0.3, 0.4) is 0 Å². The summed E-state index contributed by atoms with van der Waals surface area (Å²) in [5, 5.41) is 5.70. The minimum absolute atomic E-state index is 0.163. The molecule has 1 aliphatic heterocycles. The molecule has 0 saturated carbocycles. The zero-order valence-corrected chi connectivity index (χ0v) is 14.8. The molecule has 1 saturated heterocycles. The second-order valence-electron chi connectivity index (χ2n) is 6.61. The number of carbonyl (C=O) groups is 2. The van der Waals surface area contributed by atoms with Crippen LogP contribution in [-0.4, -0.2) is 18.5 Å². The third-order valence-corrected chi connectivity index (χ3v) is 4.30. The smallest absolute Gasteiger partial charge is 0.312 e. The molecular formula is C20H23N3O2. The van der Waals surface area contributed by atoms with Gasteiger partial charge in [-0.1, -0.05) is 6.07 Å². The van der Waals surface area contributed by atoms with Crippen molar-refractivity contribution >= 4 is 29.0 Å². The van der Waals surface area contributed by atoms with Crippen molar-refractivity contribution in [1.82, 2.24) is 0 Å². The number of carbonyl (C=O) groups excluding carboxylic acids is 2. The average Bonchev–Trinajstić information content (AvgIpc) is 2.92. The van der Waals surface area contributed by atoms with Crippen molar-refractivity contribution in [2.24, 2.45) is 0 Å². The van der Waals surface area contributed by atoms with Crippen molar-refractivity contribution in [3.05, 3.63) is 53.1 Å². The second-order valence-corrected chi connectivity index (χ2v) is 6.61. The summed E-state index contributed by atoms with van der Waals surface area (Å²) >= 11 is 0. The highest BCUT2D eigenvalue weighted by Crippen LogP contribution is 2.27. The Morgan fingerprint density at radius 2 is 1.64 bits per heavy atom. The lowest BCUT2D eigenvalue weighted by molar-refractivity contribution is -0.117. The minimum atomic E-state index is -0.283. The Hall–Kier alpha value is -2.82. The molecule has 1 aliphatic rings. The number of rotatable bonds is 3. The van der Waals surface area contributed by atoms with E-state index >= 15 is 0 Å². The summed E-state index contributed by atoms with van der Waals surface area (Å²) in [5.41, 5.74) is 5.57. The SMILES string of the molecule is Cc1cc(C)cc(NC(=O)Nc2ccc(N3CCCC3=O)c(C)c2)c1. The van der Waals surface area contributed by atoms with Gasteiger partial charge in [-0.25, -0.2) is 4.79 Å². The predicted octanol–water partition coefficient (Wildman–Crippen LogP) is 4.38. The van der Waals surface area contributed by atoms with Gasteiger partial charge in [-0.2, -0.15) is 0 Å². The van der Waals surface area contributed by atoms with Crippen LogP contribution in [-0.2, 0) is 4.79 Å². The first-order valence-corrected chi connectivity index (χ1v) is 8.50. The van der Waals surface area contributed by atoms with E-state index in [4.69, 9.17) is 0 Å². The zero-order chi connectivity index (χ0) is 18.0. The van der Waals surface area contributed by atoms with Crippen LogP contribution in [0.5, 0.6) is 0 Å². The van der Waals surface area contributed by atoms with Crippen molar-refractivity contribution in [1.29, 1.82) is 0 Å². The fourth-order valence-corrected chi connectivity index (χ4v) is 3.28. The first kappa shape index (κ1) is 17.0. The molecule has 5 nitrogen and oxygen atoms in total. The molecule has 25 heavy (non-hydrogen) atoms. The van der Waals surface area contributed by atoms with E-state index in [-0.39, 0.29) is 11.9 Å². The van der Waals surface area contributed by atoms with Crippen molar-refractivity contribution in [2.75, 3.05) is 22.1 Å². The van der Waals surface area contributed by atoms with Crippen LogP contribution in [0.15, 0.2) is 36.4 Å². The van der Waals surface area contributed by atoms with Gasteiger partial charge in [-0.3, -0.25) is 4.79 Å². The van der Waals surface area contributed by atoms with Crippen molar-refractivity contribution in [3.63, 3.8) is 0 Å². The number of anilines is 3. The molecule has 0 bridgehead atoms. The third kappa shape index (κ3) is 3.99. The molecule has 2 aromatic rings. The Morgan fingerprint density at radius 3 is 2.24 bits per heavy atom. The fourth-order valence-electron chi connectivity index (χ4n) is 3.28. The summed E-state index contributed by atoms with van der Waals surface area (Å²) in [6.07, 6.45) is 1.51. The van der Waals surface area contributed by atoms with E-state index in [1.807, 2.05) is 56.0 Å². The van der Waals surface area contributed by atoms with E-state index < -0.39 is 0 Å². The molecular weight excluding hydrogens is 314 g/mol. The Balaban J connectivity index is 1.69. The van der Waals surface area contributed by atoms with Gasteiger partial charge in [-0.15, -0.1) is 0 Å². The van der Waals surface area contributed by atoms with Gasteiger partial charge in [0, 0.05) is 30.0 Å². The highest BCUT2D eigenvalue weighted by atomic mass is 16.2. The maximum atomic E-state index is 12.2. The molecule has 0 atom stereocenters. The van der Waals surface area contributed by atoms with E-state index in [9.17, 15) is 9.59 Å². The summed E-state index contributed by atoms with van der Waals surface area (Å²) in [5.74, 6) is 0.163. The van der Waals surface area contributed by atoms with Gasteiger partial charge in [0.05, 0.1) is 0 Å². The van der Waals surface area contributed by atoms with Crippen LogP contribution in [0.25, 0.3) is 0 Å². The number of nitrogens with zero attached hydrogens (tertiary/aromatic N) is 1. The number of benzene rings is 2. The van der Waals surface area contributed by atoms with Crippen molar-refractivity contribution < 1.29 is 9.59 Å². The van der Waals surface area contributed by atoms with Crippen molar-refractivity contribution in [3.8, 4) is 0 Å². The van der Waals surface area contributed by atoms with Crippen LogP contribution in [0.4, 0.5) is 21.9 Å². The highest BCUT2D eigenvalue weighted by Gasteiger charge is 2.23. The number of urea groups is 1. The normalized spacial score (nSPS) is 13.9. The number of aryl methyl sites for hydroxylation is 3. The molecule has 3 amide bonds. The van der Waals surface area contributed by atoms with Gasteiger partial charge in [0.2, 0.25) is 5.91 Å². The van der Waals surface area contributed by atoms with Crippen molar-refractivity contribution in [2.45, 2.75) is 33.6 Å². The van der Waals surface area contributed by atoms with Gasteiger partial charge < -0.3 is 15.5 Å². The number of hydrogen-bond acceptors (Lipinski definition) is 2. The molecule has 5 heteroatoms. The van der Waals surface area contributed by atoms with Gasteiger partial charge in [-0.05, 0) is 74.2 Å². The maximum Gasteiger partial charge on any atom is 0.323 e. The van der Waals surface area contributed by atoms with E-state index in [0.29, 0.717) is 12.1 Å². The zero-order valence-electron chi connectivity index (χ0n) is 14.8. The number of hydrogen-bond donors (Lipinski definition) is 2. The molecule has 1 fully saturated rings. The predicted molar refractivity (Wildman–Crippen MR) is 101 cm³/mol. The lowest BCUT2D eigenvalue weighted by atomic mass is 10.1.